The molecular weight excluding hydrogens is 665 g/mol. The molecule has 0 radical (unpaired) electrons. The van der Waals surface area contributed by atoms with Crippen molar-refractivity contribution in [3.8, 4) is 40.4 Å². The smallest absolute Gasteiger partial charge is 0.417 e. The van der Waals surface area contributed by atoms with Crippen LogP contribution in [-0.4, -0.2) is 48.7 Å². The normalized spacial score (nSPS) is 11.6. The molecule has 16 heteroatoms. The van der Waals surface area contributed by atoms with Gasteiger partial charge in [0.1, 0.15) is 13.2 Å². The van der Waals surface area contributed by atoms with Gasteiger partial charge in [-0.15, -0.1) is 0 Å². The number of nitrogens with one attached hydrogen (secondary N) is 2. The van der Waals surface area contributed by atoms with Crippen LogP contribution in [0.15, 0.2) is 91.4 Å². The topological polar surface area (TPSA) is 147 Å². The number of hydrogen-bond donors (Lipinski definition) is 2. The molecule has 3 heterocycles. The van der Waals surface area contributed by atoms with E-state index in [0.29, 0.717) is 23.2 Å². The number of pyridine rings is 2. The van der Waals surface area contributed by atoms with Crippen LogP contribution in [0.5, 0.6) is 29.0 Å². The second-order valence-electron chi connectivity index (χ2n) is 10.6. The standard InChI is InChI=1S/C33H31F3N6O6S/c1-21(2)22-8-11-25(12-9-22)41-49(43,44)42-31-29(48-27-7-5-4-6-26(27)45-3)32(40-30(39-31)23-14-16-37-17-15-23)47-19-18-46-28-13-10-24(20-38-28)33(34,35)36/h4-17,20-21,41H,18-19H2,1-3H3,(H,39,40,42). The van der Waals surface area contributed by atoms with Crippen molar-refractivity contribution >= 4 is 21.7 Å². The molecule has 5 rings (SSSR count). The lowest BCUT2D eigenvalue weighted by Crippen LogP contribution is -2.23. The van der Waals surface area contributed by atoms with Crippen molar-refractivity contribution in [1.82, 2.24) is 19.9 Å². The molecule has 5 aromatic rings. The molecule has 256 valence electrons. The summed E-state index contributed by atoms with van der Waals surface area (Å²) in [5.74, 6) is 0.0856. The van der Waals surface area contributed by atoms with Crippen LogP contribution in [0, 0.1) is 0 Å². The number of aromatic nitrogens is 4. The van der Waals surface area contributed by atoms with Crippen molar-refractivity contribution in [3.63, 3.8) is 0 Å². The molecule has 0 unspecified atom stereocenters. The Balaban J connectivity index is 1.48. The quantitative estimate of drug-likeness (QED) is 0.115. The van der Waals surface area contributed by atoms with E-state index in [0.717, 1.165) is 17.7 Å². The van der Waals surface area contributed by atoms with Gasteiger partial charge in [0, 0.05) is 30.2 Å². The van der Waals surface area contributed by atoms with Crippen molar-refractivity contribution in [3.05, 3.63) is 103 Å². The Kier molecular flexibility index (Phi) is 10.7. The monoisotopic (exact) mass is 696 g/mol. The van der Waals surface area contributed by atoms with E-state index in [4.69, 9.17) is 18.9 Å². The number of ether oxygens (including phenoxy) is 4. The summed E-state index contributed by atoms with van der Waals surface area (Å²) in [6, 6.07) is 18.7. The lowest BCUT2D eigenvalue weighted by Gasteiger charge is -2.19. The minimum Gasteiger partial charge on any atom is -0.493 e. The summed E-state index contributed by atoms with van der Waals surface area (Å²) in [6.07, 6.45) is -0.865. The molecule has 0 aliphatic rings. The molecule has 0 spiro atoms. The number of rotatable bonds is 14. The maximum Gasteiger partial charge on any atom is 0.417 e. The molecule has 0 bridgehead atoms. The van der Waals surface area contributed by atoms with E-state index in [1.54, 1.807) is 48.5 Å². The van der Waals surface area contributed by atoms with E-state index >= 15 is 0 Å². The predicted octanol–water partition coefficient (Wildman–Crippen LogP) is 7.10. The van der Waals surface area contributed by atoms with Gasteiger partial charge in [0.25, 0.3) is 5.88 Å². The second kappa shape index (κ2) is 15.1. The van der Waals surface area contributed by atoms with Crippen molar-refractivity contribution < 1.29 is 40.5 Å². The highest BCUT2D eigenvalue weighted by Crippen LogP contribution is 2.41. The molecule has 2 N–H and O–H groups in total. The van der Waals surface area contributed by atoms with Gasteiger partial charge in [0.15, 0.2) is 23.1 Å². The lowest BCUT2D eigenvalue weighted by molar-refractivity contribution is -0.137. The zero-order chi connectivity index (χ0) is 35.0. The average Bonchev–Trinajstić information content (AvgIpc) is 3.08. The van der Waals surface area contributed by atoms with Gasteiger partial charge in [0.2, 0.25) is 11.6 Å². The average molecular weight is 697 g/mol. The van der Waals surface area contributed by atoms with Gasteiger partial charge in [-0.3, -0.25) is 9.71 Å². The van der Waals surface area contributed by atoms with E-state index in [1.165, 1.54) is 19.5 Å². The first-order chi connectivity index (χ1) is 23.4. The summed E-state index contributed by atoms with van der Waals surface area (Å²) < 4.78 is 93.5. The maximum atomic E-state index is 13.5. The molecule has 3 aromatic heterocycles. The van der Waals surface area contributed by atoms with Crippen molar-refractivity contribution in [2.45, 2.75) is 25.9 Å². The first-order valence-electron chi connectivity index (χ1n) is 14.7. The van der Waals surface area contributed by atoms with E-state index < -0.39 is 21.9 Å². The minimum atomic E-state index is -4.54. The summed E-state index contributed by atoms with van der Waals surface area (Å²) in [6.45, 7) is 3.67. The number of methoxy groups -OCH3 is 1. The molecule has 49 heavy (non-hydrogen) atoms. The Labute approximate surface area is 280 Å². The molecule has 0 aliphatic carbocycles. The number of halogens is 3. The Morgan fingerprint density at radius 3 is 2.16 bits per heavy atom. The van der Waals surface area contributed by atoms with Gasteiger partial charge in [0.05, 0.1) is 18.4 Å². The molecule has 0 fully saturated rings. The third-order valence-corrected chi connectivity index (χ3v) is 7.72. The molecule has 0 atom stereocenters. The fourth-order valence-electron chi connectivity index (χ4n) is 4.29. The van der Waals surface area contributed by atoms with Crippen molar-refractivity contribution in [2.75, 3.05) is 29.8 Å². The van der Waals surface area contributed by atoms with E-state index in [-0.39, 0.29) is 54.0 Å². The third kappa shape index (κ3) is 9.25. The van der Waals surface area contributed by atoms with E-state index in [1.807, 2.05) is 26.0 Å². The summed E-state index contributed by atoms with van der Waals surface area (Å²) in [4.78, 5) is 16.7. The summed E-state index contributed by atoms with van der Waals surface area (Å²) in [5, 5.41) is 0. The Hall–Kier alpha value is -5.64. The molecule has 0 amide bonds. The van der Waals surface area contributed by atoms with Crippen molar-refractivity contribution in [1.29, 1.82) is 0 Å². The van der Waals surface area contributed by atoms with Crippen LogP contribution in [-0.2, 0) is 16.4 Å². The van der Waals surface area contributed by atoms with Gasteiger partial charge in [-0.05, 0) is 53.9 Å². The highest BCUT2D eigenvalue weighted by molar-refractivity contribution is 7.94. The number of anilines is 2. The van der Waals surface area contributed by atoms with Gasteiger partial charge >= 0.3 is 16.4 Å². The first-order valence-corrected chi connectivity index (χ1v) is 16.2. The zero-order valence-corrected chi connectivity index (χ0v) is 27.2. The lowest BCUT2D eigenvalue weighted by atomic mass is 10.0. The van der Waals surface area contributed by atoms with E-state index in [9.17, 15) is 21.6 Å². The van der Waals surface area contributed by atoms with Crippen LogP contribution in [0.3, 0.4) is 0 Å². The fraction of sp³-hybridized carbons (Fsp3) is 0.212. The summed E-state index contributed by atoms with van der Waals surface area (Å²) >= 11 is 0. The van der Waals surface area contributed by atoms with Crippen molar-refractivity contribution in [2.24, 2.45) is 0 Å². The summed E-state index contributed by atoms with van der Waals surface area (Å²) in [7, 11) is -2.89. The second-order valence-corrected chi connectivity index (χ2v) is 12.0. The largest absolute Gasteiger partial charge is 0.493 e. The minimum absolute atomic E-state index is 0.0640. The number of benzene rings is 2. The van der Waals surface area contributed by atoms with Crippen LogP contribution >= 0.6 is 0 Å². The Morgan fingerprint density at radius 1 is 0.837 bits per heavy atom. The number of hydrogen-bond acceptors (Lipinski definition) is 10. The van der Waals surface area contributed by atoms with Gasteiger partial charge in [-0.25, -0.2) is 14.7 Å². The highest BCUT2D eigenvalue weighted by Gasteiger charge is 2.31. The Morgan fingerprint density at radius 2 is 1.53 bits per heavy atom. The number of alkyl halides is 3. The third-order valence-electron chi connectivity index (χ3n) is 6.75. The molecule has 0 aliphatic heterocycles. The molecule has 12 nitrogen and oxygen atoms in total. The van der Waals surface area contributed by atoms with Crippen LogP contribution in [0.4, 0.5) is 24.7 Å². The van der Waals surface area contributed by atoms with E-state index in [2.05, 4.69) is 29.4 Å². The van der Waals surface area contributed by atoms with Crippen LogP contribution in [0.25, 0.3) is 11.4 Å². The predicted molar refractivity (Wildman–Crippen MR) is 175 cm³/mol. The summed E-state index contributed by atoms with van der Waals surface area (Å²) in [5.41, 5.74) is 0.890. The first kappa shape index (κ1) is 34.7. The maximum absolute atomic E-state index is 13.5. The fourth-order valence-corrected chi connectivity index (χ4v) is 5.18. The highest BCUT2D eigenvalue weighted by atomic mass is 32.2. The van der Waals surface area contributed by atoms with Gasteiger partial charge in [-0.1, -0.05) is 38.1 Å². The Bertz CT molecular complexity index is 1960. The molecule has 2 aromatic carbocycles. The number of nitrogens with zero attached hydrogens (tertiary/aromatic N) is 4. The SMILES string of the molecule is COc1ccccc1Oc1c(NS(=O)(=O)Nc2ccc(C(C)C)cc2)nc(-c2ccncc2)nc1OCCOc1ccc(C(F)(F)F)cn1. The van der Waals surface area contributed by atoms with Crippen LogP contribution in [0.1, 0.15) is 30.9 Å². The van der Waals surface area contributed by atoms with Gasteiger partial charge < -0.3 is 18.9 Å². The van der Waals surface area contributed by atoms with Gasteiger partial charge in [-0.2, -0.15) is 26.6 Å². The molecule has 0 saturated carbocycles. The number of para-hydroxylation sites is 2. The van der Waals surface area contributed by atoms with Crippen LogP contribution < -0.4 is 28.4 Å². The molecule has 0 saturated heterocycles. The zero-order valence-electron chi connectivity index (χ0n) is 26.4. The van der Waals surface area contributed by atoms with Crippen LogP contribution in [0.2, 0.25) is 0 Å². The molecular formula is C33H31F3N6O6S.